The van der Waals surface area contributed by atoms with E-state index in [1.807, 2.05) is 32.0 Å². The Balaban J connectivity index is 2.03. The van der Waals surface area contributed by atoms with Gasteiger partial charge in [0.25, 0.3) is 5.56 Å². The maximum absolute atomic E-state index is 12.5. The Morgan fingerprint density at radius 2 is 1.91 bits per heavy atom. The highest BCUT2D eigenvalue weighted by molar-refractivity contribution is 5.87. The van der Waals surface area contributed by atoms with Crippen molar-refractivity contribution >= 4 is 16.8 Å². The molecule has 1 aromatic carbocycles. The lowest BCUT2D eigenvalue weighted by Gasteiger charge is -2.27. The molecule has 5 nitrogen and oxygen atoms in total. The molecular weight excluding hydrogens is 280 g/mol. The number of hydrogen-bond acceptors (Lipinski definition) is 3. The Morgan fingerprint density at radius 3 is 2.64 bits per heavy atom. The van der Waals surface area contributed by atoms with Gasteiger partial charge in [-0.05, 0) is 25.0 Å². The first kappa shape index (κ1) is 14.8. The number of aryl methyl sites for hydroxylation is 2. The smallest absolute Gasteiger partial charge is 0.251 e. The van der Waals surface area contributed by atoms with E-state index in [1.54, 1.807) is 15.5 Å². The third kappa shape index (κ3) is 2.64. The molecule has 1 amide bonds. The van der Waals surface area contributed by atoms with Gasteiger partial charge in [0.1, 0.15) is 6.54 Å². The number of fused-ring (bicyclic) bond motifs is 1. The summed E-state index contributed by atoms with van der Waals surface area (Å²) in [7, 11) is 0. The van der Waals surface area contributed by atoms with Crippen molar-refractivity contribution in [2.75, 3.05) is 26.3 Å². The second-order valence-corrected chi connectivity index (χ2v) is 5.72. The molecular formula is C17H20N2O3. The summed E-state index contributed by atoms with van der Waals surface area (Å²) in [6.07, 6.45) is 0. The number of para-hydroxylation sites is 1. The van der Waals surface area contributed by atoms with E-state index in [-0.39, 0.29) is 18.0 Å². The van der Waals surface area contributed by atoms with Crippen molar-refractivity contribution in [3.05, 3.63) is 45.7 Å². The summed E-state index contributed by atoms with van der Waals surface area (Å²) in [6, 6.07) is 7.54. The highest BCUT2D eigenvalue weighted by atomic mass is 16.5. The van der Waals surface area contributed by atoms with Crippen LogP contribution in [0.2, 0.25) is 0 Å². The highest BCUT2D eigenvalue weighted by Gasteiger charge is 2.19. The molecule has 1 fully saturated rings. The van der Waals surface area contributed by atoms with Gasteiger partial charge in [-0.3, -0.25) is 14.2 Å². The molecule has 0 radical (unpaired) electrons. The zero-order valence-corrected chi connectivity index (χ0v) is 13.0. The second kappa shape index (κ2) is 5.93. The average molecular weight is 300 g/mol. The summed E-state index contributed by atoms with van der Waals surface area (Å²) in [5, 5.41) is 1.02. The van der Waals surface area contributed by atoms with Crippen LogP contribution in [-0.4, -0.2) is 41.7 Å². The molecule has 1 aliphatic rings. The number of hydrogen-bond donors (Lipinski definition) is 0. The Kier molecular flexibility index (Phi) is 3.98. The van der Waals surface area contributed by atoms with E-state index in [0.29, 0.717) is 26.3 Å². The predicted molar refractivity (Wildman–Crippen MR) is 85.1 cm³/mol. The maximum atomic E-state index is 12.5. The Morgan fingerprint density at radius 1 is 1.18 bits per heavy atom. The summed E-state index contributed by atoms with van der Waals surface area (Å²) >= 11 is 0. The van der Waals surface area contributed by atoms with Gasteiger partial charge in [0.2, 0.25) is 5.91 Å². The summed E-state index contributed by atoms with van der Waals surface area (Å²) in [5.74, 6) is -0.0289. The fraction of sp³-hybridized carbons (Fsp3) is 0.412. The minimum absolute atomic E-state index is 0.0289. The molecule has 0 saturated carbocycles. The molecule has 22 heavy (non-hydrogen) atoms. The van der Waals surface area contributed by atoms with Crippen molar-refractivity contribution in [1.82, 2.24) is 9.47 Å². The number of amides is 1. The van der Waals surface area contributed by atoms with Gasteiger partial charge >= 0.3 is 0 Å². The SMILES string of the molecule is Cc1cc(=O)n(CC(=O)N2CCOCC2)c2c(C)cccc12. The van der Waals surface area contributed by atoms with E-state index in [9.17, 15) is 9.59 Å². The van der Waals surface area contributed by atoms with Gasteiger partial charge in [-0.15, -0.1) is 0 Å². The van der Waals surface area contributed by atoms with Crippen LogP contribution in [0.25, 0.3) is 10.9 Å². The zero-order chi connectivity index (χ0) is 15.7. The third-order valence-electron chi connectivity index (χ3n) is 4.20. The van der Waals surface area contributed by atoms with Crippen LogP contribution in [0.1, 0.15) is 11.1 Å². The molecule has 2 heterocycles. The number of nitrogens with zero attached hydrogens (tertiary/aromatic N) is 2. The molecule has 116 valence electrons. The van der Waals surface area contributed by atoms with Crippen molar-refractivity contribution in [2.45, 2.75) is 20.4 Å². The van der Waals surface area contributed by atoms with Crippen LogP contribution in [0.15, 0.2) is 29.1 Å². The van der Waals surface area contributed by atoms with Gasteiger partial charge in [0, 0.05) is 24.5 Å². The largest absolute Gasteiger partial charge is 0.378 e. The van der Waals surface area contributed by atoms with Crippen LogP contribution in [0.5, 0.6) is 0 Å². The fourth-order valence-electron chi connectivity index (χ4n) is 2.99. The van der Waals surface area contributed by atoms with Crippen LogP contribution < -0.4 is 5.56 Å². The molecule has 0 aliphatic carbocycles. The lowest BCUT2D eigenvalue weighted by molar-refractivity contribution is -0.135. The van der Waals surface area contributed by atoms with Crippen molar-refractivity contribution in [2.24, 2.45) is 0 Å². The molecule has 0 bridgehead atoms. The van der Waals surface area contributed by atoms with E-state index in [0.717, 1.165) is 22.0 Å². The first-order valence-corrected chi connectivity index (χ1v) is 7.53. The Hall–Kier alpha value is -2.14. The number of benzene rings is 1. The topological polar surface area (TPSA) is 51.5 Å². The van der Waals surface area contributed by atoms with Crippen LogP contribution in [0.3, 0.4) is 0 Å². The normalized spacial score (nSPS) is 15.3. The second-order valence-electron chi connectivity index (χ2n) is 5.72. The van der Waals surface area contributed by atoms with E-state index >= 15 is 0 Å². The molecule has 2 aromatic rings. The van der Waals surface area contributed by atoms with Gasteiger partial charge in [-0.1, -0.05) is 18.2 Å². The number of carbonyl (C=O) groups is 1. The molecule has 0 unspecified atom stereocenters. The molecule has 1 aromatic heterocycles. The first-order chi connectivity index (χ1) is 10.6. The minimum Gasteiger partial charge on any atom is -0.378 e. The minimum atomic E-state index is -0.124. The van der Waals surface area contributed by atoms with Crippen LogP contribution >= 0.6 is 0 Å². The summed E-state index contributed by atoms with van der Waals surface area (Å²) in [6.45, 7) is 6.30. The van der Waals surface area contributed by atoms with E-state index < -0.39 is 0 Å². The van der Waals surface area contributed by atoms with Crippen molar-refractivity contribution in [3.8, 4) is 0 Å². The van der Waals surface area contributed by atoms with Gasteiger partial charge in [0.15, 0.2) is 0 Å². The summed E-state index contributed by atoms with van der Waals surface area (Å²) < 4.78 is 6.86. The van der Waals surface area contributed by atoms with Gasteiger partial charge < -0.3 is 9.64 Å². The number of morpholine rings is 1. The van der Waals surface area contributed by atoms with Gasteiger partial charge in [-0.25, -0.2) is 0 Å². The monoisotopic (exact) mass is 300 g/mol. The number of ether oxygens (including phenoxy) is 1. The van der Waals surface area contributed by atoms with Crippen LogP contribution in [0.4, 0.5) is 0 Å². The van der Waals surface area contributed by atoms with Gasteiger partial charge in [0.05, 0.1) is 18.7 Å². The Labute approximate surface area is 129 Å². The predicted octanol–water partition coefficient (Wildman–Crippen LogP) is 1.48. The zero-order valence-electron chi connectivity index (χ0n) is 13.0. The molecule has 0 spiro atoms. The number of carbonyl (C=O) groups excluding carboxylic acids is 1. The molecule has 1 saturated heterocycles. The summed E-state index contributed by atoms with van der Waals surface area (Å²) in [4.78, 5) is 26.6. The number of pyridine rings is 1. The standard InChI is InChI=1S/C17H20N2O3/c1-12-4-3-5-14-13(2)10-15(20)19(17(12)14)11-16(21)18-6-8-22-9-7-18/h3-5,10H,6-9,11H2,1-2H3. The Bertz CT molecular complexity index is 773. The van der Waals surface area contributed by atoms with Gasteiger partial charge in [-0.2, -0.15) is 0 Å². The maximum Gasteiger partial charge on any atom is 0.251 e. The third-order valence-corrected chi connectivity index (χ3v) is 4.20. The van der Waals surface area contributed by atoms with E-state index in [4.69, 9.17) is 4.74 Å². The first-order valence-electron chi connectivity index (χ1n) is 7.53. The quantitative estimate of drug-likeness (QED) is 0.844. The van der Waals surface area contributed by atoms with E-state index in [2.05, 4.69) is 0 Å². The van der Waals surface area contributed by atoms with Crippen molar-refractivity contribution in [3.63, 3.8) is 0 Å². The van der Waals surface area contributed by atoms with Crippen LogP contribution in [-0.2, 0) is 16.1 Å². The molecule has 3 rings (SSSR count). The average Bonchev–Trinajstić information content (AvgIpc) is 2.52. The van der Waals surface area contributed by atoms with Crippen molar-refractivity contribution in [1.29, 1.82) is 0 Å². The molecule has 1 aliphatic heterocycles. The number of rotatable bonds is 2. The van der Waals surface area contributed by atoms with E-state index in [1.165, 1.54) is 0 Å². The molecule has 0 N–H and O–H groups in total. The van der Waals surface area contributed by atoms with Crippen LogP contribution in [0, 0.1) is 13.8 Å². The fourth-order valence-corrected chi connectivity index (χ4v) is 2.99. The lowest BCUT2D eigenvalue weighted by atomic mass is 10.1. The number of aromatic nitrogens is 1. The van der Waals surface area contributed by atoms with Crippen molar-refractivity contribution < 1.29 is 9.53 Å². The lowest BCUT2D eigenvalue weighted by Crippen LogP contribution is -2.43. The molecule has 0 atom stereocenters. The summed E-state index contributed by atoms with van der Waals surface area (Å²) in [5.41, 5.74) is 2.68. The molecule has 5 heteroatoms. The highest BCUT2D eigenvalue weighted by Crippen LogP contribution is 2.20.